The average Bonchev–Trinajstić information content (AvgIpc) is 3.23. The maximum Gasteiger partial charge on any atom is 0.493 e. The Bertz CT molecular complexity index is 1240. The van der Waals surface area contributed by atoms with E-state index in [1.807, 2.05) is 0 Å². The highest BCUT2D eigenvalue weighted by atomic mass is 35.5. The molecule has 0 bridgehead atoms. The van der Waals surface area contributed by atoms with Gasteiger partial charge in [-0.25, -0.2) is 18.6 Å². The fourth-order valence-electron chi connectivity index (χ4n) is 4.20. The number of anilines is 2. The molecule has 1 amide bonds. The fourth-order valence-corrected chi connectivity index (χ4v) is 4.54. The smallest absolute Gasteiger partial charge is 0.489 e. The molecule has 1 aromatic heterocycles. The maximum atomic E-state index is 13.3. The van der Waals surface area contributed by atoms with Gasteiger partial charge in [0.15, 0.2) is 5.75 Å². The number of rotatable bonds is 7. The van der Waals surface area contributed by atoms with Gasteiger partial charge < -0.3 is 19.6 Å². The second-order valence-corrected chi connectivity index (χ2v) is 9.41. The quantitative estimate of drug-likeness (QED) is 0.434. The number of benzene rings is 1. The van der Waals surface area contributed by atoms with E-state index in [2.05, 4.69) is 10.3 Å². The van der Waals surface area contributed by atoms with E-state index in [0.29, 0.717) is 31.2 Å². The number of hydrogen-bond acceptors (Lipinski definition) is 8. The number of pyridine rings is 1. The summed E-state index contributed by atoms with van der Waals surface area (Å²) in [5.41, 5.74) is -0.483. The van der Waals surface area contributed by atoms with Crippen molar-refractivity contribution < 1.29 is 45.9 Å². The zero-order chi connectivity index (χ0) is 28.5. The molecule has 1 fully saturated rings. The highest BCUT2D eigenvalue weighted by molar-refractivity contribution is 6.36. The van der Waals surface area contributed by atoms with Crippen molar-refractivity contribution in [1.82, 2.24) is 9.99 Å². The summed E-state index contributed by atoms with van der Waals surface area (Å²) in [4.78, 5) is 33.6. The number of halogens is 6. The van der Waals surface area contributed by atoms with E-state index >= 15 is 0 Å². The molecular formula is C24H24ClF5N4O5. The molecule has 3 heterocycles. The second-order valence-electron chi connectivity index (χ2n) is 9.03. The molecule has 4 rings (SSSR count). The number of fused-ring (bicyclic) bond motifs is 1. The first kappa shape index (κ1) is 28.8. The van der Waals surface area contributed by atoms with E-state index in [9.17, 15) is 31.5 Å². The van der Waals surface area contributed by atoms with Gasteiger partial charge in [0.2, 0.25) is 0 Å². The lowest BCUT2D eigenvalue weighted by Gasteiger charge is -2.36. The summed E-state index contributed by atoms with van der Waals surface area (Å²) in [7, 11) is 0. The van der Waals surface area contributed by atoms with Gasteiger partial charge in [0.1, 0.15) is 22.2 Å². The molecule has 0 unspecified atom stereocenters. The number of hydrogen-bond donors (Lipinski definition) is 1. The molecule has 1 aromatic carbocycles. The van der Waals surface area contributed by atoms with Crippen LogP contribution in [0.2, 0.25) is 5.02 Å². The Morgan fingerprint density at radius 2 is 1.90 bits per heavy atom. The lowest BCUT2D eigenvalue weighted by molar-refractivity contribution is -0.208. The minimum atomic E-state index is -5.28. The summed E-state index contributed by atoms with van der Waals surface area (Å²) in [5.74, 6) is -3.62. The number of carbonyl (C=O) groups is 2. The first-order valence-electron chi connectivity index (χ1n) is 11.9. The highest BCUT2D eigenvalue weighted by Crippen LogP contribution is 2.47. The molecule has 2 aliphatic heterocycles. The molecule has 1 N–H and O–H groups in total. The van der Waals surface area contributed by atoms with Crippen LogP contribution in [0.5, 0.6) is 5.75 Å². The molecule has 0 aliphatic carbocycles. The van der Waals surface area contributed by atoms with E-state index in [1.54, 1.807) is 13.8 Å². The van der Waals surface area contributed by atoms with Gasteiger partial charge >= 0.3 is 12.1 Å². The molecule has 0 atom stereocenters. The van der Waals surface area contributed by atoms with Crippen LogP contribution in [-0.4, -0.2) is 53.4 Å². The first-order valence-corrected chi connectivity index (χ1v) is 12.3. The van der Waals surface area contributed by atoms with Crippen LogP contribution in [0.3, 0.4) is 0 Å². The summed E-state index contributed by atoms with van der Waals surface area (Å²) in [5, 5.41) is 4.26. The van der Waals surface area contributed by atoms with Crippen molar-refractivity contribution in [3.8, 4) is 5.75 Å². The number of nitrogens with zero attached hydrogens (tertiary/aromatic N) is 3. The number of aromatic nitrogens is 1. The normalized spacial score (nSPS) is 16.5. The van der Waals surface area contributed by atoms with Gasteiger partial charge in [0.05, 0.1) is 11.7 Å². The van der Waals surface area contributed by atoms with Crippen LogP contribution in [0, 0.1) is 0 Å². The molecule has 2 aromatic rings. The van der Waals surface area contributed by atoms with E-state index in [4.69, 9.17) is 25.9 Å². The van der Waals surface area contributed by atoms with Crippen LogP contribution in [0.1, 0.15) is 54.7 Å². The average molecular weight is 579 g/mol. The lowest BCUT2D eigenvalue weighted by atomic mass is 10.1. The van der Waals surface area contributed by atoms with Crippen molar-refractivity contribution in [3.63, 3.8) is 0 Å². The number of alkyl halides is 5. The van der Waals surface area contributed by atoms with Crippen LogP contribution in [0.25, 0.3) is 0 Å². The Hall–Kier alpha value is -3.23. The fraction of sp³-hybridized carbons (Fsp3) is 0.458. The van der Waals surface area contributed by atoms with Crippen LogP contribution in [-0.2, 0) is 20.9 Å². The van der Waals surface area contributed by atoms with Gasteiger partial charge in [0, 0.05) is 25.8 Å². The van der Waals surface area contributed by atoms with Crippen molar-refractivity contribution in [2.75, 3.05) is 23.7 Å². The van der Waals surface area contributed by atoms with E-state index in [1.165, 1.54) is 23.2 Å². The largest absolute Gasteiger partial charge is 0.493 e. The third-order valence-corrected chi connectivity index (χ3v) is 6.23. The minimum absolute atomic E-state index is 0.0494. The van der Waals surface area contributed by atoms with Crippen LogP contribution in [0.4, 0.5) is 33.5 Å². The van der Waals surface area contributed by atoms with Crippen molar-refractivity contribution >= 4 is 35.0 Å². The number of hydrazine groups is 1. The van der Waals surface area contributed by atoms with Gasteiger partial charge in [-0.15, -0.1) is 5.17 Å². The molecule has 1 saturated heterocycles. The third kappa shape index (κ3) is 6.34. The van der Waals surface area contributed by atoms with Crippen LogP contribution < -0.4 is 15.2 Å². The van der Waals surface area contributed by atoms with Gasteiger partial charge in [-0.1, -0.05) is 17.7 Å². The van der Waals surface area contributed by atoms with Crippen LogP contribution >= 0.6 is 11.6 Å². The molecule has 39 heavy (non-hydrogen) atoms. The molecule has 0 saturated carbocycles. The van der Waals surface area contributed by atoms with Crippen molar-refractivity contribution in [1.29, 1.82) is 0 Å². The monoisotopic (exact) mass is 578 g/mol. The Labute approximate surface area is 224 Å². The molecule has 0 radical (unpaired) electrons. The van der Waals surface area contributed by atoms with E-state index in [0.717, 1.165) is 6.07 Å². The number of ether oxygens (including phenoxy) is 2. The minimum Gasteiger partial charge on any atom is -0.489 e. The zero-order valence-electron chi connectivity index (χ0n) is 20.7. The molecule has 0 spiro atoms. The Morgan fingerprint density at radius 3 is 2.51 bits per heavy atom. The van der Waals surface area contributed by atoms with Gasteiger partial charge in [-0.3, -0.25) is 4.79 Å². The number of nitrogens with one attached hydrogen (secondary N) is 1. The first-order chi connectivity index (χ1) is 18.4. The number of carbonyl (C=O) groups excluding carboxylic acids is 2. The third-order valence-electron chi connectivity index (χ3n) is 5.88. The SMILES string of the molecule is CC(C)Oc1c(C(=O)Nc2cccc(C(F)F)n2)cc2c(c1Cl)N(OC(=O)C(F)(F)F)N(C1CCOCC1)C2. The lowest BCUT2D eigenvalue weighted by Crippen LogP contribution is -2.49. The second kappa shape index (κ2) is 11.5. The molecule has 9 nitrogen and oxygen atoms in total. The maximum absolute atomic E-state index is 13.3. The molecule has 2 aliphatic rings. The van der Waals surface area contributed by atoms with Gasteiger partial charge in [-0.2, -0.15) is 18.2 Å². The Balaban J connectivity index is 1.76. The molecule has 15 heteroatoms. The predicted octanol–water partition coefficient (Wildman–Crippen LogP) is 5.45. The summed E-state index contributed by atoms with van der Waals surface area (Å²) < 4.78 is 76.7. The van der Waals surface area contributed by atoms with Crippen molar-refractivity contribution in [2.24, 2.45) is 0 Å². The van der Waals surface area contributed by atoms with Gasteiger partial charge in [-0.05, 0) is 50.5 Å². The summed E-state index contributed by atoms with van der Waals surface area (Å²) in [6.45, 7) is 3.90. The van der Waals surface area contributed by atoms with E-state index < -0.39 is 36.3 Å². The summed E-state index contributed by atoms with van der Waals surface area (Å²) >= 11 is 6.63. The Morgan fingerprint density at radius 1 is 1.21 bits per heavy atom. The number of amides is 1. The van der Waals surface area contributed by atoms with E-state index in [-0.39, 0.29) is 46.0 Å². The Kier molecular flexibility index (Phi) is 8.47. The molecule has 212 valence electrons. The molecular weight excluding hydrogens is 555 g/mol. The van der Waals surface area contributed by atoms with Crippen LogP contribution in [0.15, 0.2) is 24.3 Å². The van der Waals surface area contributed by atoms with Crippen molar-refractivity contribution in [2.45, 2.75) is 58.0 Å². The topological polar surface area (TPSA) is 93.2 Å². The standard InChI is InChI=1S/C24H24ClF5N4O5/c1-12(2)38-20-15(22(35)32-17-5-3-4-16(31-17)21(26)27)10-13-11-33(14-6-8-37-9-7-14)34(19(13)18(20)25)39-23(36)24(28,29)30/h3-5,10,12,14,21H,6-9,11H2,1-2H3,(H,31,32,35). The summed E-state index contributed by atoms with van der Waals surface area (Å²) in [6.07, 6.45) is -7.82. The predicted molar refractivity (Wildman–Crippen MR) is 128 cm³/mol. The van der Waals surface area contributed by atoms with Crippen molar-refractivity contribution in [3.05, 3.63) is 46.1 Å². The highest BCUT2D eigenvalue weighted by Gasteiger charge is 2.47. The van der Waals surface area contributed by atoms with Gasteiger partial charge in [0.25, 0.3) is 12.3 Å². The zero-order valence-corrected chi connectivity index (χ0v) is 21.5. The summed E-state index contributed by atoms with van der Waals surface area (Å²) in [6, 6.07) is 4.69.